The Morgan fingerprint density at radius 1 is 1.82 bits per heavy atom. The molecule has 1 atom stereocenters. The third kappa shape index (κ3) is 2.17. The van der Waals surface area contributed by atoms with Gasteiger partial charge in [0.05, 0.1) is 6.04 Å². The van der Waals surface area contributed by atoms with Crippen molar-refractivity contribution in [1.29, 1.82) is 0 Å². The van der Waals surface area contributed by atoms with Crippen LogP contribution >= 0.6 is 0 Å². The van der Waals surface area contributed by atoms with E-state index in [-0.39, 0.29) is 11.9 Å². The molecule has 4 nitrogen and oxygen atoms in total. The number of nitrogens with zero attached hydrogens (tertiary/aromatic N) is 1. The van der Waals surface area contributed by atoms with Gasteiger partial charge in [0.2, 0.25) is 5.91 Å². The predicted molar refractivity (Wildman–Crippen MR) is 39.6 cm³/mol. The molecule has 1 aliphatic heterocycles. The summed E-state index contributed by atoms with van der Waals surface area (Å²) >= 11 is 0. The van der Waals surface area contributed by atoms with Crippen LogP contribution in [-0.4, -0.2) is 22.3 Å². The van der Waals surface area contributed by atoms with Crippen molar-refractivity contribution in [3.63, 3.8) is 0 Å². The lowest BCUT2D eigenvalue weighted by molar-refractivity contribution is -0.155. The molecule has 0 aromatic carbocycles. The molecule has 1 rings (SSSR count). The Morgan fingerprint density at radius 3 is 2.82 bits per heavy atom. The summed E-state index contributed by atoms with van der Waals surface area (Å²) in [6.45, 7) is 4.13. The van der Waals surface area contributed by atoms with Crippen LogP contribution < -0.4 is 5.43 Å². The van der Waals surface area contributed by atoms with Crippen LogP contribution in [-0.2, 0) is 4.79 Å². The van der Waals surface area contributed by atoms with Gasteiger partial charge in [-0.3, -0.25) is 15.4 Å². The van der Waals surface area contributed by atoms with Crippen molar-refractivity contribution in [1.82, 2.24) is 10.6 Å². The number of hydrazine groups is 1. The maximum atomic E-state index is 10.7. The highest BCUT2D eigenvalue weighted by Gasteiger charge is 2.29. The number of amides is 1. The molecule has 11 heavy (non-hydrogen) atoms. The zero-order valence-electron chi connectivity index (χ0n) is 6.87. The van der Waals surface area contributed by atoms with E-state index in [1.165, 1.54) is 0 Å². The standard InChI is InChI=1S/C7H14N2O2/c1-5(2)3-6-4-7(10)8-9(6)11/h5-6,11H,3-4H2,1-2H3,(H,8,10). The van der Waals surface area contributed by atoms with Gasteiger partial charge in [-0.2, -0.15) is 0 Å². The lowest BCUT2D eigenvalue weighted by atomic mass is 10.0. The van der Waals surface area contributed by atoms with Crippen molar-refractivity contribution in [3.05, 3.63) is 0 Å². The van der Waals surface area contributed by atoms with Gasteiger partial charge in [-0.05, 0) is 12.3 Å². The molecule has 1 aliphatic rings. The molecule has 1 heterocycles. The summed E-state index contributed by atoms with van der Waals surface area (Å²) < 4.78 is 0. The lowest BCUT2D eigenvalue weighted by Gasteiger charge is -2.16. The first-order valence-corrected chi connectivity index (χ1v) is 3.87. The number of hydrogen-bond acceptors (Lipinski definition) is 3. The zero-order valence-corrected chi connectivity index (χ0v) is 6.87. The van der Waals surface area contributed by atoms with E-state index in [1.807, 2.05) is 0 Å². The highest BCUT2D eigenvalue weighted by atomic mass is 16.5. The van der Waals surface area contributed by atoms with Gasteiger partial charge in [0.1, 0.15) is 0 Å². The molecule has 0 aromatic heterocycles. The minimum absolute atomic E-state index is 0.0394. The molecular formula is C7H14N2O2. The summed E-state index contributed by atoms with van der Waals surface area (Å²) in [6.07, 6.45) is 1.25. The molecular weight excluding hydrogens is 144 g/mol. The molecule has 1 fully saturated rings. The highest BCUT2D eigenvalue weighted by Crippen LogP contribution is 2.15. The van der Waals surface area contributed by atoms with Crippen LogP contribution in [0.5, 0.6) is 0 Å². The van der Waals surface area contributed by atoms with Crippen molar-refractivity contribution in [2.75, 3.05) is 0 Å². The van der Waals surface area contributed by atoms with E-state index in [2.05, 4.69) is 19.3 Å². The van der Waals surface area contributed by atoms with Gasteiger partial charge in [-0.1, -0.05) is 19.0 Å². The first-order valence-electron chi connectivity index (χ1n) is 3.87. The number of carbonyl (C=O) groups excluding carboxylic acids is 1. The van der Waals surface area contributed by atoms with Gasteiger partial charge in [-0.25, -0.2) is 0 Å². The van der Waals surface area contributed by atoms with Crippen LogP contribution in [0.4, 0.5) is 0 Å². The second-order valence-electron chi connectivity index (χ2n) is 3.37. The Labute approximate surface area is 66.1 Å². The first-order chi connectivity index (χ1) is 5.09. The zero-order chi connectivity index (χ0) is 8.43. The Morgan fingerprint density at radius 2 is 2.45 bits per heavy atom. The molecule has 0 aromatic rings. The minimum Gasteiger partial charge on any atom is -0.294 e. The van der Waals surface area contributed by atoms with E-state index < -0.39 is 0 Å². The summed E-state index contributed by atoms with van der Waals surface area (Å²) in [6, 6.07) is -0.0394. The van der Waals surface area contributed by atoms with Gasteiger partial charge in [0, 0.05) is 6.42 Å². The van der Waals surface area contributed by atoms with Gasteiger partial charge >= 0.3 is 0 Å². The fourth-order valence-corrected chi connectivity index (χ4v) is 1.29. The first kappa shape index (κ1) is 8.49. The maximum absolute atomic E-state index is 10.7. The van der Waals surface area contributed by atoms with Crippen molar-refractivity contribution in [3.8, 4) is 0 Å². The van der Waals surface area contributed by atoms with Gasteiger partial charge in [0.15, 0.2) is 0 Å². The average molecular weight is 158 g/mol. The molecule has 0 radical (unpaired) electrons. The average Bonchev–Trinajstić information content (AvgIpc) is 2.09. The summed E-state index contributed by atoms with van der Waals surface area (Å²) in [7, 11) is 0. The van der Waals surface area contributed by atoms with Crippen LogP contribution in [0.1, 0.15) is 26.7 Å². The minimum atomic E-state index is -0.0989. The summed E-state index contributed by atoms with van der Waals surface area (Å²) in [4.78, 5) is 10.7. The molecule has 0 spiro atoms. The Balaban J connectivity index is 2.40. The molecule has 64 valence electrons. The van der Waals surface area contributed by atoms with E-state index in [4.69, 9.17) is 5.21 Å². The van der Waals surface area contributed by atoms with Gasteiger partial charge in [-0.15, -0.1) is 0 Å². The monoisotopic (exact) mass is 158 g/mol. The topological polar surface area (TPSA) is 52.6 Å². The molecule has 1 amide bonds. The second-order valence-corrected chi connectivity index (χ2v) is 3.37. The summed E-state index contributed by atoms with van der Waals surface area (Å²) in [5.41, 5.74) is 2.32. The SMILES string of the molecule is CC(C)CC1CC(=O)NN1O. The number of nitrogens with one attached hydrogen (secondary N) is 1. The maximum Gasteiger partial charge on any atom is 0.237 e. The predicted octanol–water partition coefficient (Wildman–Crippen LogP) is 0.527. The van der Waals surface area contributed by atoms with E-state index in [0.717, 1.165) is 11.6 Å². The van der Waals surface area contributed by atoms with Gasteiger partial charge < -0.3 is 0 Å². The number of hydroxylamine groups is 1. The Hall–Kier alpha value is -0.610. The number of hydrogen-bond donors (Lipinski definition) is 2. The van der Waals surface area contributed by atoms with Crippen LogP contribution in [0.15, 0.2) is 0 Å². The Kier molecular flexibility index (Phi) is 2.46. The second kappa shape index (κ2) is 3.19. The highest BCUT2D eigenvalue weighted by molar-refractivity contribution is 5.77. The van der Waals surface area contributed by atoms with Crippen molar-refractivity contribution < 1.29 is 10.0 Å². The van der Waals surface area contributed by atoms with E-state index >= 15 is 0 Å². The molecule has 0 bridgehead atoms. The largest absolute Gasteiger partial charge is 0.294 e. The van der Waals surface area contributed by atoms with Crippen molar-refractivity contribution in [2.45, 2.75) is 32.7 Å². The quantitative estimate of drug-likeness (QED) is 0.616. The van der Waals surface area contributed by atoms with E-state index in [1.54, 1.807) is 0 Å². The van der Waals surface area contributed by atoms with E-state index in [0.29, 0.717) is 12.3 Å². The number of rotatable bonds is 2. The summed E-state index contributed by atoms with van der Waals surface area (Å²) in [5, 5.41) is 10.0. The van der Waals surface area contributed by atoms with E-state index in [9.17, 15) is 4.79 Å². The molecule has 4 heteroatoms. The normalized spacial score (nSPS) is 26.2. The molecule has 1 unspecified atom stereocenters. The summed E-state index contributed by atoms with van der Waals surface area (Å²) in [5.74, 6) is 0.403. The fraction of sp³-hybridized carbons (Fsp3) is 0.857. The van der Waals surface area contributed by atoms with Crippen LogP contribution in [0, 0.1) is 5.92 Å². The number of carbonyl (C=O) groups is 1. The van der Waals surface area contributed by atoms with Crippen molar-refractivity contribution in [2.24, 2.45) is 5.92 Å². The molecule has 2 N–H and O–H groups in total. The molecule has 0 aliphatic carbocycles. The fourth-order valence-electron chi connectivity index (χ4n) is 1.29. The van der Waals surface area contributed by atoms with Gasteiger partial charge in [0.25, 0.3) is 0 Å². The lowest BCUT2D eigenvalue weighted by Crippen LogP contribution is -2.35. The smallest absolute Gasteiger partial charge is 0.237 e. The van der Waals surface area contributed by atoms with Crippen molar-refractivity contribution >= 4 is 5.91 Å². The Bertz CT molecular complexity index is 159. The molecule has 1 saturated heterocycles. The van der Waals surface area contributed by atoms with Crippen LogP contribution in [0.3, 0.4) is 0 Å². The third-order valence-corrected chi connectivity index (χ3v) is 1.75. The third-order valence-electron chi connectivity index (χ3n) is 1.75. The molecule has 0 saturated carbocycles. The van der Waals surface area contributed by atoms with Crippen LogP contribution in [0.25, 0.3) is 0 Å². The van der Waals surface area contributed by atoms with Crippen LogP contribution in [0.2, 0.25) is 0 Å².